The number of ether oxygens (including phenoxy) is 2. The lowest BCUT2D eigenvalue weighted by atomic mass is 10.0. The highest BCUT2D eigenvalue weighted by molar-refractivity contribution is 6.43. The summed E-state index contributed by atoms with van der Waals surface area (Å²) in [5.41, 5.74) is 4.97. The second kappa shape index (κ2) is 13.7. The van der Waals surface area contributed by atoms with E-state index in [1.54, 1.807) is 0 Å². The first-order chi connectivity index (χ1) is 19.7. The first-order valence-electron chi connectivity index (χ1n) is 13.6. The Balaban J connectivity index is 1.37. The molecule has 5 aromatic rings. The Hall–Kier alpha value is -4.96. The van der Waals surface area contributed by atoms with Gasteiger partial charge in [0, 0.05) is 0 Å². The van der Waals surface area contributed by atoms with E-state index < -0.39 is 0 Å². The molecule has 5 rings (SSSR count). The van der Waals surface area contributed by atoms with Gasteiger partial charge in [-0.1, -0.05) is 73.7 Å². The van der Waals surface area contributed by atoms with Crippen molar-refractivity contribution in [2.24, 2.45) is 9.98 Å². The van der Waals surface area contributed by atoms with Crippen LogP contribution >= 0.6 is 0 Å². The molecular weight excluding hydrogens is 492 g/mol. The van der Waals surface area contributed by atoms with Crippen molar-refractivity contribution in [3.63, 3.8) is 0 Å². The molecule has 0 bridgehead atoms. The Labute approximate surface area is 236 Å². The van der Waals surface area contributed by atoms with Crippen molar-refractivity contribution in [1.29, 1.82) is 0 Å². The van der Waals surface area contributed by atoms with Crippen LogP contribution in [0.1, 0.15) is 25.3 Å². The summed E-state index contributed by atoms with van der Waals surface area (Å²) < 4.78 is 11.9. The summed E-state index contributed by atoms with van der Waals surface area (Å²) in [5.74, 6) is 3.17. The SMILES string of the molecule is CCC(=Nc1ccc(Oc2ccccc2)cc1)C(CCc1ccccc1)=Nc1ccc(Oc2ccccc2)cc1. The zero-order chi connectivity index (χ0) is 27.4. The lowest BCUT2D eigenvalue weighted by molar-refractivity contribution is 0.482. The summed E-state index contributed by atoms with van der Waals surface area (Å²) in [4.78, 5) is 10.1. The maximum absolute atomic E-state index is 5.96. The van der Waals surface area contributed by atoms with Crippen LogP contribution in [0.2, 0.25) is 0 Å². The highest BCUT2D eigenvalue weighted by atomic mass is 16.5. The van der Waals surface area contributed by atoms with Gasteiger partial charge in [-0.2, -0.15) is 0 Å². The predicted octanol–water partition coefficient (Wildman–Crippen LogP) is 10.2. The van der Waals surface area contributed by atoms with Crippen molar-refractivity contribution >= 4 is 22.8 Å². The van der Waals surface area contributed by atoms with Crippen molar-refractivity contribution in [2.45, 2.75) is 26.2 Å². The van der Waals surface area contributed by atoms with E-state index in [0.717, 1.165) is 65.1 Å². The number of rotatable bonds is 11. The van der Waals surface area contributed by atoms with Crippen LogP contribution in [0, 0.1) is 0 Å². The summed E-state index contributed by atoms with van der Waals surface area (Å²) in [5, 5.41) is 0. The molecule has 0 aliphatic rings. The van der Waals surface area contributed by atoms with Crippen LogP contribution in [-0.4, -0.2) is 11.4 Å². The fourth-order valence-electron chi connectivity index (χ4n) is 4.26. The van der Waals surface area contributed by atoms with Crippen molar-refractivity contribution in [1.82, 2.24) is 0 Å². The summed E-state index contributed by atoms with van der Waals surface area (Å²) in [6.07, 6.45) is 2.44. The van der Waals surface area contributed by atoms with E-state index in [2.05, 4.69) is 31.2 Å². The quantitative estimate of drug-likeness (QED) is 0.161. The van der Waals surface area contributed by atoms with Crippen molar-refractivity contribution in [3.8, 4) is 23.0 Å². The van der Waals surface area contributed by atoms with Crippen molar-refractivity contribution in [3.05, 3.63) is 145 Å². The number of benzene rings is 5. The maximum Gasteiger partial charge on any atom is 0.127 e. The van der Waals surface area contributed by atoms with Crippen LogP contribution in [0.4, 0.5) is 11.4 Å². The minimum Gasteiger partial charge on any atom is -0.457 e. The molecule has 0 aromatic heterocycles. The van der Waals surface area contributed by atoms with Gasteiger partial charge in [0.15, 0.2) is 0 Å². The molecule has 5 aromatic carbocycles. The minimum atomic E-state index is 0.769. The third-order valence-corrected chi connectivity index (χ3v) is 6.32. The molecule has 4 nitrogen and oxygen atoms in total. The molecule has 198 valence electrons. The molecule has 0 aliphatic heterocycles. The molecule has 0 heterocycles. The molecule has 0 atom stereocenters. The van der Waals surface area contributed by atoms with Gasteiger partial charge in [-0.25, -0.2) is 0 Å². The third-order valence-electron chi connectivity index (χ3n) is 6.32. The van der Waals surface area contributed by atoms with Crippen molar-refractivity contribution < 1.29 is 9.47 Å². The number of para-hydroxylation sites is 2. The predicted molar refractivity (Wildman–Crippen MR) is 165 cm³/mol. The molecule has 4 heteroatoms. The number of aryl methyl sites for hydroxylation is 1. The molecule has 0 fully saturated rings. The second-order valence-electron chi connectivity index (χ2n) is 9.27. The Morgan fingerprint density at radius 1 is 0.475 bits per heavy atom. The minimum absolute atomic E-state index is 0.769. The van der Waals surface area contributed by atoms with Crippen LogP contribution in [0.5, 0.6) is 23.0 Å². The average Bonchev–Trinajstić information content (AvgIpc) is 3.01. The summed E-state index contributed by atoms with van der Waals surface area (Å²) >= 11 is 0. The molecule has 0 amide bonds. The molecule has 0 N–H and O–H groups in total. The Morgan fingerprint density at radius 2 is 0.875 bits per heavy atom. The molecule has 40 heavy (non-hydrogen) atoms. The topological polar surface area (TPSA) is 43.2 Å². The third kappa shape index (κ3) is 7.78. The summed E-state index contributed by atoms with van der Waals surface area (Å²) in [6, 6.07) is 45.8. The van der Waals surface area contributed by atoms with Gasteiger partial charge in [-0.3, -0.25) is 9.98 Å². The van der Waals surface area contributed by atoms with E-state index in [-0.39, 0.29) is 0 Å². The number of nitrogens with zero attached hydrogens (tertiary/aromatic N) is 2. The Bertz CT molecular complexity index is 1530. The number of aliphatic imine (C=N–C) groups is 2. The maximum atomic E-state index is 5.96. The molecular formula is C36H32N2O2. The van der Waals surface area contributed by atoms with Gasteiger partial charge in [0.2, 0.25) is 0 Å². The normalized spacial score (nSPS) is 11.7. The van der Waals surface area contributed by atoms with Crippen LogP contribution in [0.25, 0.3) is 0 Å². The highest BCUT2D eigenvalue weighted by Gasteiger charge is 2.10. The van der Waals surface area contributed by atoms with Crippen LogP contribution in [0.15, 0.2) is 150 Å². The van der Waals surface area contributed by atoms with Crippen LogP contribution in [-0.2, 0) is 6.42 Å². The van der Waals surface area contributed by atoms with Crippen LogP contribution < -0.4 is 9.47 Å². The molecule has 0 saturated carbocycles. The van der Waals surface area contributed by atoms with Crippen molar-refractivity contribution in [2.75, 3.05) is 0 Å². The molecule has 0 saturated heterocycles. The van der Waals surface area contributed by atoms with E-state index in [0.29, 0.717) is 0 Å². The summed E-state index contributed by atoms with van der Waals surface area (Å²) in [6.45, 7) is 2.13. The van der Waals surface area contributed by atoms with E-state index in [9.17, 15) is 0 Å². The second-order valence-corrected chi connectivity index (χ2v) is 9.27. The first kappa shape index (κ1) is 26.6. The lowest BCUT2D eigenvalue weighted by Gasteiger charge is -2.11. The molecule has 0 spiro atoms. The standard InChI is InChI=1S/C36H32N2O2/c1-2-35(37-29-19-23-33(24-20-29)39-31-14-8-4-9-15-31)36(27-18-28-12-6-3-7-13-28)38-30-21-25-34(26-22-30)40-32-16-10-5-11-17-32/h3-17,19-26H,2,18,27H2,1H3. The zero-order valence-electron chi connectivity index (χ0n) is 22.6. The fraction of sp³-hybridized carbons (Fsp3) is 0.111. The average molecular weight is 525 g/mol. The van der Waals surface area contributed by atoms with Gasteiger partial charge in [-0.05, 0) is 97.6 Å². The highest BCUT2D eigenvalue weighted by Crippen LogP contribution is 2.26. The zero-order valence-corrected chi connectivity index (χ0v) is 22.6. The van der Waals surface area contributed by atoms with Gasteiger partial charge < -0.3 is 9.47 Å². The lowest BCUT2D eigenvalue weighted by Crippen LogP contribution is -2.14. The van der Waals surface area contributed by atoms with E-state index in [1.807, 2.05) is 115 Å². The summed E-state index contributed by atoms with van der Waals surface area (Å²) in [7, 11) is 0. The van der Waals surface area contributed by atoms with Gasteiger partial charge >= 0.3 is 0 Å². The van der Waals surface area contributed by atoms with E-state index in [4.69, 9.17) is 19.5 Å². The van der Waals surface area contributed by atoms with E-state index >= 15 is 0 Å². The fourth-order valence-corrected chi connectivity index (χ4v) is 4.26. The van der Waals surface area contributed by atoms with E-state index in [1.165, 1.54) is 5.56 Å². The smallest absolute Gasteiger partial charge is 0.127 e. The Kier molecular flexibility index (Phi) is 9.14. The molecule has 0 unspecified atom stereocenters. The van der Waals surface area contributed by atoms with Gasteiger partial charge in [-0.15, -0.1) is 0 Å². The van der Waals surface area contributed by atoms with Gasteiger partial charge in [0.25, 0.3) is 0 Å². The molecule has 0 aliphatic carbocycles. The van der Waals surface area contributed by atoms with Crippen LogP contribution in [0.3, 0.4) is 0 Å². The largest absolute Gasteiger partial charge is 0.457 e. The Morgan fingerprint density at radius 3 is 1.32 bits per heavy atom. The number of hydrogen-bond acceptors (Lipinski definition) is 4. The first-order valence-corrected chi connectivity index (χ1v) is 13.6. The monoisotopic (exact) mass is 524 g/mol. The number of hydrogen-bond donors (Lipinski definition) is 0. The molecule has 0 radical (unpaired) electrons. The van der Waals surface area contributed by atoms with Gasteiger partial charge in [0.1, 0.15) is 23.0 Å². The van der Waals surface area contributed by atoms with Gasteiger partial charge in [0.05, 0.1) is 22.8 Å².